The van der Waals surface area contributed by atoms with E-state index in [-0.39, 0.29) is 0 Å². The zero-order chi connectivity index (χ0) is 23.5. The molecule has 34 heavy (non-hydrogen) atoms. The van der Waals surface area contributed by atoms with Crippen molar-refractivity contribution in [3.63, 3.8) is 0 Å². The van der Waals surface area contributed by atoms with Crippen LogP contribution in [-0.4, -0.2) is 39.0 Å². The lowest BCUT2D eigenvalue weighted by Gasteiger charge is -2.09. The lowest BCUT2D eigenvalue weighted by molar-refractivity contribution is 0.414. The van der Waals surface area contributed by atoms with E-state index in [2.05, 4.69) is 15.3 Å². The van der Waals surface area contributed by atoms with Gasteiger partial charge in [-0.15, -0.1) is 5.10 Å². The van der Waals surface area contributed by atoms with Crippen LogP contribution >= 0.6 is 0 Å². The first-order valence-electron chi connectivity index (χ1n) is 10.6. The lowest BCUT2D eigenvalue weighted by Crippen LogP contribution is -2.05. The van der Waals surface area contributed by atoms with Crippen molar-refractivity contribution in [1.29, 1.82) is 0 Å². The van der Waals surface area contributed by atoms with Gasteiger partial charge in [-0.3, -0.25) is 4.98 Å². The third-order valence-electron chi connectivity index (χ3n) is 5.40. The Labute approximate surface area is 196 Å². The first kappa shape index (κ1) is 21.2. The molecule has 0 saturated heterocycles. The molecule has 3 N–H and O–H groups in total. The number of methoxy groups -OCH3 is 2. The molecule has 0 aliphatic heterocycles. The highest BCUT2D eigenvalue weighted by Gasteiger charge is 2.19. The molecule has 2 aromatic carbocycles. The summed E-state index contributed by atoms with van der Waals surface area (Å²) in [6.45, 7) is 0.519. The van der Waals surface area contributed by atoms with Crippen LogP contribution in [0.3, 0.4) is 0 Å². The Balaban J connectivity index is 1.64. The molecule has 170 valence electrons. The van der Waals surface area contributed by atoms with Gasteiger partial charge in [0.15, 0.2) is 5.65 Å². The average Bonchev–Trinajstić information content (AvgIpc) is 3.23. The van der Waals surface area contributed by atoms with Crippen LogP contribution in [0.2, 0.25) is 0 Å². The van der Waals surface area contributed by atoms with Crippen molar-refractivity contribution in [3.05, 3.63) is 78.6 Å². The second kappa shape index (κ2) is 9.07. The second-order valence-corrected chi connectivity index (χ2v) is 7.54. The molecule has 0 saturated carbocycles. The zero-order valence-corrected chi connectivity index (χ0v) is 18.8. The fourth-order valence-electron chi connectivity index (χ4n) is 3.67. The molecule has 9 heteroatoms. The number of fused-ring (bicyclic) bond motifs is 1. The molecule has 3 heterocycles. The monoisotopic (exact) mass is 453 g/mol. The van der Waals surface area contributed by atoms with Gasteiger partial charge in [-0.1, -0.05) is 18.2 Å². The predicted octanol–water partition coefficient (Wildman–Crippen LogP) is 4.09. The van der Waals surface area contributed by atoms with Gasteiger partial charge in [-0.2, -0.15) is 4.98 Å². The van der Waals surface area contributed by atoms with Crippen molar-refractivity contribution in [3.8, 4) is 28.4 Å². The van der Waals surface area contributed by atoms with Gasteiger partial charge in [-0.05, 0) is 48.0 Å². The minimum absolute atomic E-state index is 0.438. The molecule has 0 spiro atoms. The molecule has 9 nitrogen and oxygen atoms in total. The van der Waals surface area contributed by atoms with Gasteiger partial charge < -0.3 is 20.5 Å². The number of hydrogen-bond acceptors (Lipinski definition) is 8. The molecule has 0 unspecified atom stereocenters. The van der Waals surface area contributed by atoms with E-state index in [0.29, 0.717) is 35.0 Å². The summed E-state index contributed by atoms with van der Waals surface area (Å²) < 4.78 is 12.3. The van der Waals surface area contributed by atoms with Crippen molar-refractivity contribution < 1.29 is 9.47 Å². The molecule has 0 atom stereocenters. The quantitative estimate of drug-likeness (QED) is 0.379. The van der Waals surface area contributed by atoms with Crippen molar-refractivity contribution in [2.24, 2.45) is 0 Å². The Morgan fingerprint density at radius 2 is 1.76 bits per heavy atom. The Hall–Kier alpha value is -4.66. The summed E-state index contributed by atoms with van der Waals surface area (Å²) in [5.74, 6) is 2.35. The number of ether oxygens (including phenoxy) is 2. The number of anilines is 2. The summed E-state index contributed by atoms with van der Waals surface area (Å²) >= 11 is 0. The highest BCUT2D eigenvalue weighted by molar-refractivity contribution is 5.99. The van der Waals surface area contributed by atoms with Gasteiger partial charge in [-0.25, -0.2) is 9.67 Å². The molecule has 0 aliphatic rings. The number of pyridine rings is 1. The van der Waals surface area contributed by atoms with Crippen molar-refractivity contribution in [1.82, 2.24) is 24.7 Å². The fraction of sp³-hybridized carbons (Fsp3) is 0.120. The van der Waals surface area contributed by atoms with Gasteiger partial charge in [0, 0.05) is 24.5 Å². The Bertz CT molecular complexity index is 1430. The highest BCUT2D eigenvalue weighted by Crippen LogP contribution is 2.34. The van der Waals surface area contributed by atoms with E-state index in [9.17, 15) is 0 Å². The van der Waals surface area contributed by atoms with Crippen LogP contribution in [-0.2, 0) is 6.54 Å². The number of benzene rings is 2. The summed E-state index contributed by atoms with van der Waals surface area (Å²) in [6, 6.07) is 19.0. The largest absolute Gasteiger partial charge is 0.497 e. The number of nitrogens with one attached hydrogen (secondary N) is 1. The standard InChI is InChI=1S/C25H23N7O2/c1-33-19-10-8-18(9-11-19)32-23(26)21-22(17-6-3-7-20(13-17)34-2)29-25(30-24(21)31-32)28-15-16-5-4-12-27-14-16/h3-14H,15,26H2,1-2H3,(H,28,30,31). The van der Waals surface area contributed by atoms with Crippen LogP contribution < -0.4 is 20.5 Å². The van der Waals surface area contributed by atoms with Gasteiger partial charge in [0.1, 0.15) is 17.3 Å². The van der Waals surface area contributed by atoms with E-state index in [4.69, 9.17) is 25.3 Å². The van der Waals surface area contributed by atoms with Gasteiger partial charge in [0.25, 0.3) is 0 Å². The van der Waals surface area contributed by atoms with Crippen LogP contribution in [0.25, 0.3) is 28.0 Å². The number of nitrogens with zero attached hydrogens (tertiary/aromatic N) is 5. The van der Waals surface area contributed by atoms with Crippen LogP contribution in [0.15, 0.2) is 73.1 Å². The number of aromatic nitrogens is 5. The summed E-state index contributed by atoms with van der Waals surface area (Å²) in [4.78, 5) is 13.6. The topological polar surface area (TPSA) is 113 Å². The SMILES string of the molecule is COc1ccc(-n2nc3nc(NCc4cccnc4)nc(-c4cccc(OC)c4)c3c2N)cc1. The van der Waals surface area contributed by atoms with Gasteiger partial charge in [0.2, 0.25) is 5.95 Å². The van der Waals surface area contributed by atoms with Crippen LogP contribution in [0.4, 0.5) is 11.8 Å². The molecule has 0 aliphatic carbocycles. The first-order chi connectivity index (χ1) is 16.7. The average molecular weight is 454 g/mol. The summed E-state index contributed by atoms with van der Waals surface area (Å²) in [7, 11) is 3.26. The van der Waals surface area contributed by atoms with Gasteiger partial charge >= 0.3 is 0 Å². The number of rotatable bonds is 7. The number of nitrogens with two attached hydrogens (primary N) is 1. The van der Waals surface area contributed by atoms with E-state index in [0.717, 1.165) is 28.3 Å². The maximum absolute atomic E-state index is 6.59. The van der Waals surface area contributed by atoms with Crippen LogP contribution in [0.5, 0.6) is 11.5 Å². The lowest BCUT2D eigenvalue weighted by atomic mass is 10.1. The van der Waals surface area contributed by atoms with Crippen molar-refractivity contribution >= 4 is 22.8 Å². The number of hydrogen-bond donors (Lipinski definition) is 2. The minimum Gasteiger partial charge on any atom is -0.497 e. The van der Waals surface area contributed by atoms with Crippen LogP contribution in [0.1, 0.15) is 5.56 Å². The summed E-state index contributed by atoms with van der Waals surface area (Å²) in [5.41, 5.74) is 10.4. The smallest absolute Gasteiger partial charge is 0.225 e. The van der Waals surface area contributed by atoms with E-state index in [1.54, 1.807) is 31.3 Å². The number of nitrogen functional groups attached to an aromatic ring is 1. The third kappa shape index (κ3) is 4.06. The zero-order valence-electron chi connectivity index (χ0n) is 18.8. The van der Waals surface area contributed by atoms with E-state index >= 15 is 0 Å². The molecular formula is C25H23N7O2. The van der Waals surface area contributed by atoms with Crippen molar-refractivity contribution in [2.45, 2.75) is 6.54 Å². The summed E-state index contributed by atoms with van der Waals surface area (Å²) in [6.07, 6.45) is 3.53. The second-order valence-electron chi connectivity index (χ2n) is 7.54. The molecule has 0 radical (unpaired) electrons. The normalized spacial score (nSPS) is 10.9. The van der Waals surface area contributed by atoms with E-state index < -0.39 is 0 Å². The predicted molar refractivity (Wildman–Crippen MR) is 131 cm³/mol. The Morgan fingerprint density at radius 1 is 0.941 bits per heavy atom. The molecule has 0 amide bonds. The molecule has 5 rings (SSSR count). The Morgan fingerprint density at radius 3 is 2.50 bits per heavy atom. The minimum atomic E-state index is 0.438. The third-order valence-corrected chi connectivity index (χ3v) is 5.40. The van der Waals surface area contributed by atoms with Gasteiger partial charge in [0.05, 0.1) is 31.0 Å². The molecule has 5 aromatic rings. The molecule has 0 bridgehead atoms. The first-order valence-corrected chi connectivity index (χ1v) is 10.6. The van der Waals surface area contributed by atoms with E-state index in [1.807, 2.05) is 60.7 Å². The fourth-order valence-corrected chi connectivity index (χ4v) is 3.67. The van der Waals surface area contributed by atoms with Crippen molar-refractivity contribution in [2.75, 3.05) is 25.3 Å². The molecule has 0 fully saturated rings. The maximum Gasteiger partial charge on any atom is 0.225 e. The Kier molecular flexibility index (Phi) is 5.65. The maximum atomic E-state index is 6.59. The van der Waals surface area contributed by atoms with Crippen LogP contribution in [0, 0.1) is 0 Å². The summed E-state index contributed by atoms with van der Waals surface area (Å²) in [5, 5.41) is 8.64. The molecular weight excluding hydrogens is 430 g/mol. The van der Waals surface area contributed by atoms with E-state index in [1.165, 1.54) is 0 Å². The highest BCUT2D eigenvalue weighted by atomic mass is 16.5. The molecule has 3 aromatic heterocycles.